The lowest BCUT2D eigenvalue weighted by Crippen LogP contribution is -2.22. The van der Waals surface area contributed by atoms with Gasteiger partial charge in [-0.3, -0.25) is 4.55 Å². The van der Waals surface area contributed by atoms with Gasteiger partial charge in [-0.2, -0.15) is 8.42 Å². The van der Waals surface area contributed by atoms with E-state index in [-0.39, 0.29) is 5.75 Å². The third kappa shape index (κ3) is 4.45. The van der Waals surface area contributed by atoms with Crippen LogP contribution in [0.3, 0.4) is 0 Å². The molecule has 120 valence electrons. The highest BCUT2D eigenvalue weighted by molar-refractivity contribution is 8.03. The van der Waals surface area contributed by atoms with Crippen molar-refractivity contribution in [3.63, 3.8) is 0 Å². The SMILES string of the molecule is COc1ccc2c(c1)N(CCCS(=O)(=O)O)/C(=C/C(C)=S)S2. The lowest BCUT2D eigenvalue weighted by Gasteiger charge is -2.20. The molecule has 1 aromatic rings. The number of rotatable bonds is 6. The maximum atomic E-state index is 10.9. The van der Waals surface area contributed by atoms with E-state index < -0.39 is 10.1 Å². The summed E-state index contributed by atoms with van der Waals surface area (Å²) in [5.41, 5.74) is 0.960. The maximum Gasteiger partial charge on any atom is 0.264 e. The van der Waals surface area contributed by atoms with Crippen molar-refractivity contribution in [2.24, 2.45) is 0 Å². The second-order valence-corrected chi connectivity index (χ2v) is 8.10. The fourth-order valence-corrected chi connectivity index (χ4v) is 3.98. The molecule has 1 aliphatic heterocycles. The van der Waals surface area contributed by atoms with E-state index in [1.54, 1.807) is 18.9 Å². The van der Waals surface area contributed by atoms with Gasteiger partial charge in [0.05, 0.1) is 23.6 Å². The van der Waals surface area contributed by atoms with Crippen molar-refractivity contribution in [2.45, 2.75) is 18.2 Å². The molecule has 22 heavy (non-hydrogen) atoms. The quantitative estimate of drug-likeness (QED) is 0.475. The lowest BCUT2D eigenvalue weighted by molar-refractivity contribution is 0.414. The van der Waals surface area contributed by atoms with Crippen LogP contribution in [0.2, 0.25) is 0 Å². The number of ether oxygens (including phenoxy) is 1. The summed E-state index contributed by atoms with van der Waals surface area (Å²) in [7, 11) is -2.35. The van der Waals surface area contributed by atoms with Crippen LogP contribution in [0.25, 0.3) is 0 Å². The molecule has 0 spiro atoms. The van der Waals surface area contributed by atoms with Gasteiger partial charge in [0, 0.05) is 22.4 Å². The molecule has 1 N–H and O–H groups in total. The van der Waals surface area contributed by atoms with Gasteiger partial charge in [0.15, 0.2) is 0 Å². The molecule has 0 fully saturated rings. The Bertz CT molecular complexity index is 713. The van der Waals surface area contributed by atoms with Gasteiger partial charge < -0.3 is 9.64 Å². The summed E-state index contributed by atoms with van der Waals surface area (Å²) >= 11 is 6.72. The van der Waals surface area contributed by atoms with Crippen molar-refractivity contribution < 1.29 is 17.7 Å². The highest BCUT2D eigenvalue weighted by Gasteiger charge is 2.25. The Morgan fingerprint density at radius 1 is 1.50 bits per heavy atom. The van der Waals surface area contributed by atoms with Gasteiger partial charge in [-0.1, -0.05) is 24.0 Å². The number of allylic oxidation sites excluding steroid dienone is 1. The van der Waals surface area contributed by atoms with E-state index >= 15 is 0 Å². The summed E-state index contributed by atoms with van der Waals surface area (Å²) in [6.07, 6.45) is 2.21. The summed E-state index contributed by atoms with van der Waals surface area (Å²) < 4.78 is 35.9. The van der Waals surface area contributed by atoms with Crippen LogP contribution in [0.15, 0.2) is 34.2 Å². The molecule has 1 aromatic carbocycles. The van der Waals surface area contributed by atoms with Crippen LogP contribution in [0, 0.1) is 0 Å². The Balaban J connectivity index is 2.27. The number of hydrogen-bond donors (Lipinski definition) is 1. The Kier molecular flexibility index (Phi) is 5.49. The van der Waals surface area contributed by atoms with Crippen molar-refractivity contribution in [3.8, 4) is 5.75 Å². The van der Waals surface area contributed by atoms with Gasteiger partial charge in [0.1, 0.15) is 5.75 Å². The predicted octanol–water partition coefficient (Wildman–Crippen LogP) is 3.12. The topological polar surface area (TPSA) is 66.8 Å². The number of fused-ring (bicyclic) bond motifs is 1. The van der Waals surface area contributed by atoms with Gasteiger partial charge in [0.2, 0.25) is 0 Å². The van der Waals surface area contributed by atoms with E-state index in [9.17, 15) is 8.42 Å². The molecule has 0 atom stereocenters. The van der Waals surface area contributed by atoms with Crippen LogP contribution >= 0.6 is 24.0 Å². The molecule has 0 saturated heterocycles. The number of nitrogens with zero attached hydrogens (tertiary/aromatic N) is 1. The largest absolute Gasteiger partial charge is 0.497 e. The van der Waals surface area contributed by atoms with Crippen LogP contribution in [-0.4, -0.2) is 37.2 Å². The second-order valence-electron chi connectivity index (χ2n) is 4.82. The first kappa shape index (κ1) is 17.3. The van der Waals surface area contributed by atoms with E-state index in [1.807, 2.05) is 36.1 Å². The monoisotopic (exact) mass is 359 g/mol. The standard InChI is InChI=1S/C14H17NO4S3/c1-10(20)8-14-15(6-3-7-22(16,17)18)12-9-11(19-2)4-5-13(12)21-14/h4-5,8-9H,3,6-7H2,1-2H3,(H,16,17,18)/b14-8-. The average Bonchev–Trinajstić information content (AvgIpc) is 2.73. The fourth-order valence-electron chi connectivity index (χ4n) is 2.12. The summed E-state index contributed by atoms with van der Waals surface area (Å²) in [6.45, 7) is 2.31. The highest BCUT2D eigenvalue weighted by atomic mass is 32.2. The first-order chi connectivity index (χ1) is 10.3. The Labute approximate surface area is 140 Å². The minimum atomic E-state index is -3.95. The number of hydrogen-bond acceptors (Lipinski definition) is 6. The van der Waals surface area contributed by atoms with E-state index in [0.29, 0.717) is 13.0 Å². The number of thiocarbonyl (C=S) groups is 1. The van der Waals surface area contributed by atoms with Crippen molar-refractivity contribution in [1.82, 2.24) is 0 Å². The zero-order valence-electron chi connectivity index (χ0n) is 12.3. The molecule has 0 saturated carbocycles. The van der Waals surface area contributed by atoms with Crippen LogP contribution in [0.4, 0.5) is 5.69 Å². The van der Waals surface area contributed by atoms with Gasteiger partial charge in [0.25, 0.3) is 10.1 Å². The molecule has 0 amide bonds. The second kappa shape index (κ2) is 6.99. The summed E-state index contributed by atoms with van der Waals surface area (Å²) in [6, 6.07) is 5.76. The molecule has 1 aliphatic rings. The molecule has 1 heterocycles. The van der Waals surface area contributed by atoms with Crippen LogP contribution < -0.4 is 9.64 Å². The van der Waals surface area contributed by atoms with E-state index in [0.717, 1.165) is 26.2 Å². The van der Waals surface area contributed by atoms with E-state index in [2.05, 4.69) is 0 Å². The first-order valence-electron chi connectivity index (χ1n) is 6.61. The fraction of sp³-hybridized carbons (Fsp3) is 0.357. The minimum Gasteiger partial charge on any atom is -0.497 e. The van der Waals surface area contributed by atoms with E-state index in [1.165, 1.54) is 0 Å². The molecule has 0 aliphatic carbocycles. The normalized spacial score (nSPS) is 16.0. The van der Waals surface area contributed by atoms with Crippen LogP contribution in [-0.2, 0) is 10.1 Å². The van der Waals surface area contributed by atoms with Gasteiger partial charge in [-0.15, -0.1) is 0 Å². The maximum absolute atomic E-state index is 10.9. The van der Waals surface area contributed by atoms with Gasteiger partial charge >= 0.3 is 0 Å². The molecule has 8 heteroatoms. The average molecular weight is 359 g/mol. The Morgan fingerprint density at radius 2 is 2.23 bits per heavy atom. The lowest BCUT2D eigenvalue weighted by atomic mass is 10.2. The molecule has 5 nitrogen and oxygen atoms in total. The Morgan fingerprint density at radius 3 is 2.82 bits per heavy atom. The summed E-state index contributed by atoms with van der Waals surface area (Å²) in [5, 5.41) is 0.950. The van der Waals surface area contributed by atoms with Crippen molar-refractivity contribution >= 4 is 44.6 Å². The smallest absolute Gasteiger partial charge is 0.264 e. The van der Waals surface area contributed by atoms with Crippen molar-refractivity contribution in [1.29, 1.82) is 0 Å². The molecule has 0 unspecified atom stereocenters. The predicted molar refractivity (Wildman–Crippen MR) is 93.6 cm³/mol. The number of thioether (sulfide) groups is 1. The third-order valence-electron chi connectivity index (χ3n) is 3.05. The molecule has 2 rings (SSSR count). The highest BCUT2D eigenvalue weighted by Crippen LogP contribution is 2.47. The van der Waals surface area contributed by atoms with E-state index in [4.69, 9.17) is 21.5 Å². The minimum absolute atomic E-state index is 0.267. The Hall–Kier alpha value is -1.09. The zero-order chi connectivity index (χ0) is 16.3. The molecule has 0 bridgehead atoms. The van der Waals surface area contributed by atoms with Crippen molar-refractivity contribution in [2.75, 3.05) is 24.3 Å². The number of methoxy groups -OCH3 is 1. The molecule has 0 aromatic heterocycles. The summed E-state index contributed by atoms with van der Waals surface area (Å²) in [5.74, 6) is 0.469. The molecular formula is C14H17NO4S3. The van der Waals surface area contributed by atoms with Crippen LogP contribution in [0.1, 0.15) is 13.3 Å². The van der Waals surface area contributed by atoms with Crippen LogP contribution in [0.5, 0.6) is 5.75 Å². The number of benzene rings is 1. The molecular weight excluding hydrogens is 342 g/mol. The summed E-state index contributed by atoms with van der Waals surface area (Å²) in [4.78, 5) is 3.82. The zero-order valence-corrected chi connectivity index (χ0v) is 14.7. The van der Waals surface area contributed by atoms with Gasteiger partial charge in [-0.05, 0) is 31.6 Å². The van der Waals surface area contributed by atoms with Crippen molar-refractivity contribution in [3.05, 3.63) is 29.3 Å². The third-order valence-corrected chi connectivity index (χ3v) is 5.08. The molecule has 0 radical (unpaired) electrons. The first-order valence-corrected chi connectivity index (χ1v) is 9.44. The van der Waals surface area contributed by atoms with Gasteiger partial charge in [-0.25, -0.2) is 0 Å². The number of anilines is 1.